The number of phenolic OH excluding ortho intramolecular Hbond substituents is 1. The van der Waals surface area contributed by atoms with Crippen LogP contribution in [0.3, 0.4) is 0 Å². The molecule has 28 heavy (non-hydrogen) atoms. The van der Waals surface area contributed by atoms with E-state index in [0.717, 1.165) is 30.6 Å². The Bertz CT molecular complexity index is 866. The molecule has 0 bridgehead atoms. The molecule has 0 spiro atoms. The molecule has 0 aromatic heterocycles. The third-order valence-corrected chi connectivity index (χ3v) is 7.79. The standard InChI is InChI=1S/C24H32O4/c1-13(2)8-7-10-23(4)15-9-11-24(5)19(15)20(23)18-16(28-24)12-14(3)17(21(18)25)22(26)27-6/h8,12,15,19-20,25H,7,9-11H2,1-6H3/t15-,19+,20+,23-,24+/m1/s1. The Balaban J connectivity index is 1.83. The number of aryl methyl sites for hydroxylation is 1. The first-order valence-electron chi connectivity index (χ1n) is 10.4. The molecule has 1 aromatic carbocycles. The van der Waals surface area contributed by atoms with Gasteiger partial charge in [0.05, 0.1) is 7.11 Å². The first-order chi connectivity index (χ1) is 13.1. The van der Waals surface area contributed by atoms with Crippen LogP contribution in [0.4, 0.5) is 0 Å². The van der Waals surface area contributed by atoms with E-state index in [9.17, 15) is 9.90 Å². The number of carbonyl (C=O) groups is 1. The highest BCUT2D eigenvalue weighted by Gasteiger charge is 2.70. The second kappa shape index (κ2) is 6.27. The number of allylic oxidation sites excluding steroid dienone is 2. The Morgan fingerprint density at radius 3 is 2.75 bits per heavy atom. The minimum absolute atomic E-state index is 0.0627. The third-order valence-electron chi connectivity index (χ3n) is 7.79. The van der Waals surface area contributed by atoms with E-state index < -0.39 is 5.97 Å². The van der Waals surface area contributed by atoms with E-state index in [1.54, 1.807) is 0 Å². The summed E-state index contributed by atoms with van der Waals surface area (Å²) in [6.45, 7) is 10.7. The summed E-state index contributed by atoms with van der Waals surface area (Å²) in [5.74, 6) is 1.54. The van der Waals surface area contributed by atoms with Crippen molar-refractivity contribution in [3.8, 4) is 11.5 Å². The third kappa shape index (κ3) is 2.46. The van der Waals surface area contributed by atoms with E-state index in [1.165, 1.54) is 19.1 Å². The molecule has 4 heteroatoms. The van der Waals surface area contributed by atoms with E-state index in [4.69, 9.17) is 9.47 Å². The first-order valence-corrected chi connectivity index (χ1v) is 10.4. The lowest BCUT2D eigenvalue weighted by atomic mass is 9.43. The molecule has 4 rings (SSSR count). The second-order valence-electron chi connectivity index (χ2n) is 9.71. The quantitative estimate of drug-likeness (QED) is 0.549. The highest BCUT2D eigenvalue weighted by atomic mass is 16.5. The van der Waals surface area contributed by atoms with E-state index in [2.05, 4.69) is 33.8 Å². The molecule has 0 unspecified atom stereocenters. The van der Waals surface area contributed by atoms with Crippen LogP contribution in [0.1, 0.15) is 80.8 Å². The molecule has 2 aliphatic carbocycles. The molecule has 1 aliphatic heterocycles. The summed E-state index contributed by atoms with van der Waals surface area (Å²) in [5.41, 5.74) is 3.07. The summed E-state index contributed by atoms with van der Waals surface area (Å²) in [7, 11) is 1.36. The Morgan fingerprint density at radius 1 is 1.39 bits per heavy atom. The number of ether oxygens (including phenoxy) is 2. The lowest BCUT2D eigenvalue weighted by Crippen LogP contribution is -2.60. The molecule has 2 saturated carbocycles. The minimum Gasteiger partial charge on any atom is -0.507 e. The molecule has 3 aliphatic rings. The molecular weight excluding hydrogens is 352 g/mol. The van der Waals surface area contributed by atoms with Crippen LogP contribution < -0.4 is 4.74 Å². The van der Waals surface area contributed by atoms with Crippen LogP contribution in [-0.4, -0.2) is 23.8 Å². The number of phenols is 1. The van der Waals surface area contributed by atoms with Crippen LogP contribution in [-0.2, 0) is 4.74 Å². The molecule has 4 nitrogen and oxygen atoms in total. The van der Waals surface area contributed by atoms with Crippen molar-refractivity contribution < 1.29 is 19.4 Å². The Morgan fingerprint density at radius 2 is 2.11 bits per heavy atom. The number of benzene rings is 1. The zero-order valence-electron chi connectivity index (χ0n) is 17.9. The fraction of sp³-hybridized carbons (Fsp3) is 0.625. The average molecular weight is 385 g/mol. The monoisotopic (exact) mass is 384 g/mol. The molecule has 0 saturated heterocycles. The topological polar surface area (TPSA) is 55.8 Å². The predicted molar refractivity (Wildman–Crippen MR) is 109 cm³/mol. The Labute approximate surface area is 167 Å². The van der Waals surface area contributed by atoms with Gasteiger partial charge in [0.1, 0.15) is 22.7 Å². The second-order valence-corrected chi connectivity index (χ2v) is 9.71. The van der Waals surface area contributed by atoms with Crippen LogP contribution in [0.2, 0.25) is 0 Å². The van der Waals surface area contributed by atoms with Gasteiger partial charge in [-0.05, 0) is 76.3 Å². The zero-order chi connectivity index (χ0) is 20.4. The molecular formula is C24H32O4. The van der Waals surface area contributed by atoms with Crippen molar-refractivity contribution in [3.63, 3.8) is 0 Å². The van der Waals surface area contributed by atoms with Gasteiger partial charge in [0.2, 0.25) is 0 Å². The van der Waals surface area contributed by atoms with Crippen LogP contribution in [0.15, 0.2) is 17.7 Å². The SMILES string of the molecule is COC(=O)c1c(C)cc2c(c1O)[C@H]1[C@@H]3[C@@H](CC[C@]3(C)O2)[C@@]1(C)CCC=C(C)C. The van der Waals surface area contributed by atoms with Crippen molar-refractivity contribution in [3.05, 3.63) is 34.4 Å². The van der Waals surface area contributed by atoms with Crippen molar-refractivity contribution in [2.24, 2.45) is 17.3 Å². The maximum atomic E-state index is 12.3. The molecule has 0 radical (unpaired) electrons. The molecule has 1 aromatic rings. The molecule has 2 fully saturated rings. The van der Waals surface area contributed by atoms with Gasteiger partial charge in [-0.15, -0.1) is 0 Å². The smallest absolute Gasteiger partial charge is 0.341 e. The number of esters is 1. The largest absolute Gasteiger partial charge is 0.507 e. The lowest BCUT2D eigenvalue weighted by molar-refractivity contribution is -0.133. The normalized spacial score (nSPS) is 34.6. The van der Waals surface area contributed by atoms with Gasteiger partial charge in [-0.3, -0.25) is 0 Å². The molecule has 1 heterocycles. The summed E-state index contributed by atoms with van der Waals surface area (Å²) >= 11 is 0. The Hall–Kier alpha value is -1.97. The minimum atomic E-state index is -0.486. The zero-order valence-corrected chi connectivity index (χ0v) is 17.9. The molecule has 0 amide bonds. The number of hydrogen-bond acceptors (Lipinski definition) is 4. The average Bonchev–Trinajstić information content (AvgIpc) is 2.94. The van der Waals surface area contributed by atoms with Gasteiger partial charge in [-0.2, -0.15) is 0 Å². The van der Waals surface area contributed by atoms with E-state index in [1.807, 2.05) is 13.0 Å². The van der Waals surface area contributed by atoms with Gasteiger partial charge in [0.25, 0.3) is 0 Å². The summed E-state index contributed by atoms with van der Waals surface area (Å²) in [4.78, 5) is 12.3. The molecule has 1 N–H and O–H groups in total. The van der Waals surface area contributed by atoms with Gasteiger partial charge < -0.3 is 14.6 Å². The van der Waals surface area contributed by atoms with Crippen molar-refractivity contribution in [1.82, 2.24) is 0 Å². The lowest BCUT2D eigenvalue weighted by Gasteiger charge is -2.63. The van der Waals surface area contributed by atoms with Crippen molar-refractivity contribution in [2.45, 2.75) is 71.8 Å². The van der Waals surface area contributed by atoms with Crippen molar-refractivity contribution in [2.75, 3.05) is 7.11 Å². The maximum Gasteiger partial charge on any atom is 0.341 e. The number of fused-ring (bicyclic) bond motifs is 2. The number of hydrogen-bond donors (Lipinski definition) is 1. The van der Waals surface area contributed by atoms with E-state index >= 15 is 0 Å². The summed E-state index contributed by atoms with van der Waals surface area (Å²) < 4.78 is 11.4. The van der Waals surface area contributed by atoms with Crippen LogP contribution in [0.5, 0.6) is 11.5 Å². The fourth-order valence-corrected chi connectivity index (χ4v) is 6.48. The molecule has 5 atom stereocenters. The maximum absolute atomic E-state index is 12.3. The summed E-state index contributed by atoms with van der Waals surface area (Å²) in [5, 5.41) is 11.2. The van der Waals surface area contributed by atoms with Gasteiger partial charge >= 0.3 is 5.97 Å². The van der Waals surface area contributed by atoms with Crippen LogP contribution in [0.25, 0.3) is 0 Å². The molecule has 152 valence electrons. The van der Waals surface area contributed by atoms with Crippen molar-refractivity contribution in [1.29, 1.82) is 0 Å². The first kappa shape index (κ1) is 19.4. The predicted octanol–water partition coefficient (Wildman–Crippen LogP) is 5.51. The van der Waals surface area contributed by atoms with Crippen LogP contribution >= 0.6 is 0 Å². The highest BCUT2D eigenvalue weighted by molar-refractivity contribution is 5.95. The van der Waals surface area contributed by atoms with Gasteiger partial charge in [-0.25, -0.2) is 4.79 Å². The van der Waals surface area contributed by atoms with Crippen LogP contribution in [0, 0.1) is 24.2 Å². The number of carbonyl (C=O) groups excluding carboxylic acids is 1. The number of rotatable bonds is 4. The van der Waals surface area contributed by atoms with E-state index in [0.29, 0.717) is 17.4 Å². The van der Waals surface area contributed by atoms with Gasteiger partial charge in [-0.1, -0.05) is 18.6 Å². The van der Waals surface area contributed by atoms with Crippen molar-refractivity contribution >= 4 is 5.97 Å². The summed E-state index contributed by atoms with van der Waals surface area (Å²) in [6.07, 6.45) is 6.65. The number of methoxy groups -OCH3 is 1. The summed E-state index contributed by atoms with van der Waals surface area (Å²) in [6, 6.07) is 1.92. The highest BCUT2D eigenvalue weighted by Crippen LogP contribution is 2.75. The van der Waals surface area contributed by atoms with Gasteiger partial charge in [0.15, 0.2) is 0 Å². The van der Waals surface area contributed by atoms with Gasteiger partial charge in [0, 0.05) is 17.4 Å². The van der Waals surface area contributed by atoms with E-state index in [-0.39, 0.29) is 28.2 Å². The Kier molecular flexibility index (Phi) is 4.33. The fourth-order valence-electron chi connectivity index (χ4n) is 6.48. The number of aromatic hydroxyl groups is 1.